The average molecular weight is 222 g/mol. The second-order valence-corrected chi connectivity index (χ2v) is 5.82. The van der Waals surface area contributed by atoms with Crippen LogP contribution in [0.3, 0.4) is 0 Å². The summed E-state index contributed by atoms with van der Waals surface area (Å²) in [5, 5.41) is 0. The molecule has 0 aromatic carbocycles. The highest BCUT2D eigenvalue weighted by atomic mass is 32.1. The standard InChI is InChI=1S/C13H18OS/c1-4-10-5-6-11-12(7-10)15-9(3)13(11)8(2)14/h10H,4-7H2,1-3H3/t10-/m1/s1. The van der Waals surface area contributed by atoms with Crippen LogP contribution in [-0.4, -0.2) is 5.78 Å². The summed E-state index contributed by atoms with van der Waals surface area (Å²) in [6.45, 7) is 6.05. The van der Waals surface area contributed by atoms with Crippen molar-refractivity contribution in [3.8, 4) is 0 Å². The predicted molar refractivity (Wildman–Crippen MR) is 64.9 cm³/mol. The van der Waals surface area contributed by atoms with Gasteiger partial charge in [-0.3, -0.25) is 4.79 Å². The fourth-order valence-corrected chi connectivity index (χ4v) is 3.99. The molecule has 1 heterocycles. The van der Waals surface area contributed by atoms with Crippen LogP contribution in [0.4, 0.5) is 0 Å². The normalized spacial score (nSPS) is 20.1. The van der Waals surface area contributed by atoms with Crippen LogP contribution in [0.1, 0.15) is 52.4 Å². The Morgan fingerprint density at radius 2 is 2.27 bits per heavy atom. The van der Waals surface area contributed by atoms with Gasteiger partial charge in [0.1, 0.15) is 0 Å². The van der Waals surface area contributed by atoms with E-state index in [2.05, 4.69) is 13.8 Å². The van der Waals surface area contributed by atoms with Crippen molar-refractivity contribution in [1.29, 1.82) is 0 Å². The summed E-state index contributed by atoms with van der Waals surface area (Å²) < 4.78 is 0. The Bertz CT molecular complexity index is 389. The van der Waals surface area contributed by atoms with E-state index in [1.807, 2.05) is 11.3 Å². The van der Waals surface area contributed by atoms with Gasteiger partial charge in [-0.15, -0.1) is 11.3 Å². The Morgan fingerprint density at radius 3 is 2.87 bits per heavy atom. The summed E-state index contributed by atoms with van der Waals surface area (Å²) >= 11 is 1.84. The van der Waals surface area contributed by atoms with E-state index in [1.165, 1.54) is 34.6 Å². The Balaban J connectivity index is 2.39. The topological polar surface area (TPSA) is 17.1 Å². The largest absolute Gasteiger partial charge is 0.294 e. The fraction of sp³-hybridized carbons (Fsp3) is 0.615. The molecule has 2 rings (SSSR count). The van der Waals surface area contributed by atoms with Crippen molar-refractivity contribution < 1.29 is 4.79 Å². The van der Waals surface area contributed by atoms with E-state index in [1.54, 1.807) is 6.92 Å². The van der Waals surface area contributed by atoms with E-state index < -0.39 is 0 Å². The lowest BCUT2D eigenvalue weighted by atomic mass is 9.85. The van der Waals surface area contributed by atoms with Crippen LogP contribution in [-0.2, 0) is 12.8 Å². The van der Waals surface area contributed by atoms with Gasteiger partial charge >= 0.3 is 0 Å². The zero-order chi connectivity index (χ0) is 11.0. The maximum Gasteiger partial charge on any atom is 0.161 e. The summed E-state index contributed by atoms with van der Waals surface area (Å²) in [4.78, 5) is 14.3. The monoisotopic (exact) mass is 222 g/mol. The van der Waals surface area contributed by atoms with E-state index in [0.29, 0.717) is 0 Å². The van der Waals surface area contributed by atoms with Crippen LogP contribution in [0, 0.1) is 12.8 Å². The van der Waals surface area contributed by atoms with E-state index >= 15 is 0 Å². The number of hydrogen-bond acceptors (Lipinski definition) is 2. The number of Topliss-reactive ketones (excluding diaryl/α,β-unsaturated/α-hetero) is 1. The lowest BCUT2D eigenvalue weighted by Crippen LogP contribution is -2.13. The Morgan fingerprint density at radius 1 is 1.53 bits per heavy atom. The SMILES string of the molecule is CC[C@@H]1CCc2c(sc(C)c2C(C)=O)C1. The van der Waals surface area contributed by atoms with E-state index in [-0.39, 0.29) is 5.78 Å². The molecule has 0 fully saturated rings. The number of carbonyl (C=O) groups is 1. The molecule has 0 saturated heterocycles. The molecule has 15 heavy (non-hydrogen) atoms. The highest BCUT2D eigenvalue weighted by Crippen LogP contribution is 2.37. The molecular formula is C13H18OS. The molecule has 0 amide bonds. The van der Waals surface area contributed by atoms with Gasteiger partial charge in [0.15, 0.2) is 5.78 Å². The average Bonchev–Trinajstić information content (AvgIpc) is 2.52. The van der Waals surface area contributed by atoms with Crippen molar-refractivity contribution in [1.82, 2.24) is 0 Å². The highest BCUT2D eigenvalue weighted by molar-refractivity contribution is 7.12. The second kappa shape index (κ2) is 4.09. The van der Waals surface area contributed by atoms with Gasteiger partial charge in [-0.25, -0.2) is 0 Å². The Hall–Kier alpha value is -0.630. The summed E-state index contributed by atoms with van der Waals surface area (Å²) in [6.07, 6.45) is 4.85. The first-order chi connectivity index (χ1) is 7.13. The lowest BCUT2D eigenvalue weighted by Gasteiger charge is -2.21. The van der Waals surface area contributed by atoms with Crippen molar-refractivity contribution in [3.63, 3.8) is 0 Å². The maximum atomic E-state index is 11.6. The summed E-state index contributed by atoms with van der Waals surface area (Å²) in [5.74, 6) is 1.09. The van der Waals surface area contributed by atoms with Crippen molar-refractivity contribution >= 4 is 17.1 Å². The summed E-state index contributed by atoms with van der Waals surface area (Å²) in [7, 11) is 0. The van der Waals surface area contributed by atoms with Gasteiger partial charge in [0.25, 0.3) is 0 Å². The molecule has 1 atom stereocenters. The molecule has 1 aliphatic rings. The Kier molecular flexibility index (Phi) is 2.96. The molecule has 0 aliphatic heterocycles. The molecule has 1 aliphatic carbocycles. The van der Waals surface area contributed by atoms with Gasteiger partial charge in [-0.05, 0) is 44.6 Å². The van der Waals surface area contributed by atoms with Gasteiger partial charge in [0.05, 0.1) is 0 Å². The zero-order valence-electron chi connectivity index (χ0n) is 9.72. The zero-order valence-corrected chi connectivity index (χ0v) is 10.5. The van der Waals surface area contributed by atoms with Crippen molar-refractivity contribution in [2.24, 2.45) is 5.92 Å². The van der Waals surface area contributed by atoms with Crippen LogP contribution in [0.5, 0.6) is 0 Å². The van der Waals surface area contributed by atoms with Gasteiger partial charge in [-0.1, -0.05) is 13.3 Å². The van der Waals surface area contributed by atoms with Crippen LogP contribution in [0.15, 0.2) is 0 Å². The maximum absolute atomic E-state index is 11.6. The third-order valence-electron chi connectivity index (χ3n) is 3.47. The number of aryl methyl sites for hydroxylation is 1. The molecule has 0 saturated carbocycles. The first-order valence-corrected chi connectivity index (χ1v) is 6.57. The fourth-order valence-electron chi connectivity index (χ4n) is 2.60. The van der Waals surface area contributed by atoms with E-state index in [4.69, 9.17) is 0 Å². The molecule has 0 N–H and O–H groups in total. The minimum atomic E-state index is 0.250. The van der Waals surface area contributed by atoms with Crippen molar-refractivity contribution in [2.45, 2.75) is 46.5 Å². The van der Waals surface area contributed by atoms with Gasteiger partial charge in [-0.2, -0.15) is 0 Å². The van der Waals surface area contributed by atoms with Crippen LogP contribution < -0.4 is 0 Å². The number of ketones is 1. The minimum Gasteiger partial charge on any atom is -0.294 e. The molecule has 1 aromatic heterocycles. The first kappa shape index (κ1) is 10.9. The minimum absolute atomic E-state index is 0.250. The summed E-state index contributed by atoms with van der Waals surface area (Å²) in [6, 6.07) is 0. The predicted octanol–water partition coefficient (Wildman–Crippen LogP) is 3.77. The molecule has 0 radical (unpaired) electrons. The van der Waals surface area contributed by atoms with E-state index in [9.17, 15) is 4.79 Å². The lowest BCUT2D eigenvalue weighted by molar-refractivity contribution is 0.101. The molecule has 0 unspecified atom stereocenters. The highest BCUT2D eigenvalue weighted by Gasteiger charge is 2.24. The molecular weight excluding hydrogens is 204 g/mol. The number of hydrogen-bond donors (Lipinski definition) is 0. The first-order valence-electron chi connectivity index (χ1n) is 5.75. The van der Waals surface area contributed by atoms with Crippen LogP contribution >= 0.6 is 11.3 Å². The quantitative estimate of drug-likeness (QED) is 0.696. The smallest absolute Gasteiger partial charge is 0.161 e. The molecule has 0 bridgehead atoms. The van der Waals surface area contributed by atoms with E-state index in [0.717, 1.165) is 17.9 Å². The molecule has 82 valence electrons. The summed E-state index contributed by atoms with van der Waals surface area (Å²) in [5.41, 5.74) is 2.40. The number of carbonyl (C=O) groups excluding carboxylic acids is 1. The molecule has 1 nitrogen and oxygen atoms in total. The second-order valence-electron chi connectivity index (χ2n) is 4.51. The molecule has 1 aromatic rings. The van der Waals surface area contributed by atoms with Crippen LogP contribution in [0.2, 0.25) is 0 Å². The third-order valence-corrected chi connectivity index (χ3v) is 4.64. The van der Waals surface area contributed by atoms with Gasteiger partial charge < -0.3 is 0 Å². The van der Waals surface area contributed by atoms with Gasteiger partial charge in [0, 0.05) is 15.3 Å². The third kappa shape index (κ3) is 1.87. The van der Waals surface area contributed by atoms with Crippen LogP contribution in [0.25, 0.3) is 0 Å². The van der Waals surface area contributed by atoms with Crippen molar-refractivity contribution in [3.05, 3.63) is 20.9 Å². The molecule has 0 spiro atoms. The molecule has 2 heteroatoms. The van der Waals surface area contributed by atoms with Crippen molar-refractivity contribution in [2.75, 3.05) is 0 Å². The number of thiophene rings is 1. The number of rotatable bonds is 2. The number of fused-ring (bicyclic) bond motifs is 1. The Labute approximate surface area is 95.5 Å². The van der Waals surface area contributed by atoms with Gasteiger partial charge in [0.2, 0.25) is 0 Å².